The summed E-state index contributed by atoms with van der Waals surface area (Å²) in [5.74, 6) is 0.877. The predicted octanol–water partition coefficient (Wildman–Crippen LogP) is 1.81. The van der Waals surface area contributed by atoms with Gasteiger partial charge in [0.2, 0.25) is 0 Å². The molecule has 0 aliphatic heterocycles. The van der Waals surface area contributed by atoms with E-state index in [-0.39, 0.29) is 0 Å². The number of fused-ring (bicyclic) bond motifs is 1. The van der Waals surface area contributed by atoms with E-state index in [1.165, 1.54) is 5.39 Å². The lowest BCUT2D eigenvalue weighted by molar-refractivity contribution is 0.329. The second-order valence-electron chi connectivity index (χ2n) is 3.34. The van der Waals surface area contributed by atoms with Crippen LogP contribution in [-0.4, -0.2) is 18.1 Å². The predicted molar refractivity (Wildman–Crippen MR) is 57.6 cm³/mol. The van der Waals surface area contributed by atoms with Crippen LogP contribution in [0.2, 0.25) is 0 Å². The fraction of sp³-hybridized carbons (Fsp3) is 0.273. The highest BCUT2D eigenvalue weighted by Crippen LogP contribution is 2.21. The molecule has 0 bridgehead atoms. The van der Waals surface area contributed by atoms with Crippen LogP contribution in [0.25, 0.3) is 10.9 Å². The van der Waals surface area contributed by atoms with E-state index in [2.05, 4.69) is 11.1 Å². The van der Waals surface area contributed by atoms with E-state index in [4.69, 9.17) is 10.5 Å². The first kappa shape index (κ1) is 9.09. The number of aromatic amines is 1. The van der Waals surface area contributed by atoms with E-state index in [0.29, 0.717) is 13.2 Å². The molecule has 14 heavy (non-hydrogen) atoms. The van der Waals surface area contributed by atoms with E-state index in [1.54, 1.807) is 0 Å². The number of benzene rings is 1. The van der Waals surface area contributed by atoms with Crippen molar-refractivity contribution in [3.63, 3.8) is 0 Å². The molecule has 0 aliphatic carbocycles. The van der Waals surface area contributed by atoms with E-state index in [0.717, 1.165) is 17.0 Å². The number of hydrogen-bond donors (Lipinski definition) is 2. The normalized spacial score (nSPS) is 10.7. The Labute approximate surface area is 82.9 Å². The molecule has 3 nitrogen and oxygen atoms in total. The summed E-state index contributed by atoms with van der Waals surface area (Å²) < 4.78 is 5.43. The molecular weight excluding hydrogens is 176 g/mol. The molecule has 0 aliphatic rings. The second-order valence-corrected chi connectivity index (χ2v) is 3.34. The van der Waals surface area contributed by atoms with Crippen molar-refractivity contribution in [2.75, 3.05) is 13.2 Å². The summed E-state index contributed by atoms with van der Waals surface area (Å²) in [5.41, 5.74) is 7.67. The van der Waals surface area contributed by atoms with Gasteiger partial charge in [-0.2, -0.15) is 0 Å². The number of aryl methyl sites for hydroxylation is 1. The van der Waals surface area contributed by atoms with Crippen LogP contribution in [0.4, 0.5) is 0 Å². The van der Waals surface area contributed by atoms with Crippen LogP contribution in [0, 0.1) is 6.92 Å². The Balaban J connectivity index is 2.31. The van der Waals surface area contributed by atoms with Crippen LogP contribution in [-0.2, 0) is 0 Å². The van der Waals surface area contributed by atoms with Crippen LogP contribution in [0.3, 0.4) is 0 Å². The average Bonchev–Trinajstić information content (AvgIpc) is 2.54. The fourth-order valence-electron chi connectivity index (χ4n) is 1.52. The molecule has 0 spiro atoms. The van der Waals surface area contributed by atoms with E-state index >= 15 is 0 Å². The molecule has 2 aromatic rings. The van der Waals surface area contributed by atoms with Crippen LogP contribution >= 0.6 is 0 Å². The number of aromatic nitrogens is 1. The largest absolute Gasteiger partial charge is 0.492 e. The maximum Gasteiger partial charge on any atom is 0.120 e. The third-order valence-corrected chi connectivity index (χ3v) is 2.11. The van der Waals surface area contributed by atoms with Gasteiger partial charge in [-0.25, -0.2) is 0 Å². The average molecular weight is 190 g/mol. The monoisotopic (exact) mass is 190 g/mol. The first-order valence-corrected chi connectivity index (χ1v) is 4.72. The quantitative estimate of drug-likeness (QED) is 0.775. The lowest BCUT2D eigenvalue weighted by atomic mass is 10.2. The van der Waals surface area contributed by atoms with Crippen LogP contribution in [0.5, 0.6) is 5.75 Å². The zero-order chi connectivity index (χ0) is 9.97. The number of nitrogens with two attached hydrogens (primary N) is 1. The van der Waals surface area contributed by atoms with Gasteiger partial charge in [-0.3, -0.25) is 0 Å². The minimum atomic E-state index is 0.546. The van der Waals surface area contributed by atoms with Gasteiger partial charge in [-0.05, 0) is 31.2 Å². The molecule has 1 aromatic heterocycles. The first-order chi connectivity index (χ1) is 6.79. The van der Waals surface area contributed by atoms with Gasteiger partial charge in [0.25, 0.3) is 0 Å². The van der Waals surface area contributed by atoms with Crippen LogP contribution < -0.4 is 10.5 Å². The third kappa shape index (κ3) is 1.72. The Morgan fingerprint density at radius 3 is 3.00 bits per heavy atom. The lowest BCUT2D eigenvalue weighted by Gasteiger charge is -2.03. The minimum Gasteiger partial charge on any atom is -0.492 e. The standard InChI is InChI=1S/C11H14N2O/c1-8-6-9-7-10(14-5-4-12)2-3-11(9)13-8/h2-3,6-7,13H,4-5,12H2,1H3. The molecule has 3 heteroatoms. The van der Waals surface area contributed by atoms with Gasteiger partial charge < -0.3 is 15.5 Å². The summed E-state index contributed by atoms with van der Waals surface area (Å²) in [6.07, 6.45) is 0. The molecule has 74 valence electrons. The molecule has 0 radical (unpaired) electrons. The maximum absolute atomic E-state index is 5.43. The van der Waals surface area contributed by atoms with E-state index in [1.807, 2.05) is 25.1 Å². The Morgan fingerprint density at radius 1 is 1.36 bits per heavy atom. The van der Waals surface area contributed by atoms with Crippen LogP contribution in [0.1, 0.15) is 5.69 Å². The van der Waals surface area contributed by atoms with E-state index in [9.17, 15) is 0 Å². The molecule has 0 atom stereocenters. The number of H-pyrrole nitrogens is 1. The molecule has 3 N–H and O–H groups in total. The van der Waals surface area contributed by atoms with Crippen molar-refractivity contribution >= 4 is 10.9 Å². The Bertz CT molecular complexity index is 434. The molecule has 0 saturated carbocycles. The van der Waals surface area contributed by atoms with Crippen molar-refractivity contribution < 1.29 is 4.74 Å². The van der Waals surface area contributed by atoms with Crippen molar-refractivity contribution in [3.05, 3.63) is 30.0 Å². The topological polar surface area (TPSA) is 51.0 Å². The number of rotatable bonds is 3. The molecular formula is C11H14N2O. The van der Waals surface area contributed by atoms with Gasteiger partial charge >= 0.3 is 0 Å². The van der Waals surface area contributed by atoms with Gasteiger partial charge in [0.05, 0.1) is 0 Å². The van der Waals surface area contributed by atoms with Crippen molar-refractivity contribution in [2.45, 2.75) is 6.92 Å². The van der Waals surface area contributed by atoms with Gasteiger partial charge in [0.15, 0.2) is 0 Å². The summed E-state index contributed by atoms with van der Waals surface area (Å²) in [6.45, 7) is 3.15. The number of nitrogens with one attached hydrogen (secondary N) is 1. The molecule has 1 heterocycles. The minimum absolute atomic E-state index is 0.546. The Hall–Kier alpha value is -1.48. The second kappa shape index (κ2) is 3.72. The first-order valence-electron chi connectivity index (χ1n) is 4.72. The molecule has 0 unspecified atom stereocenters. The number of hydrogen-bond acceptors (Lipinski definition) is 2. The third-order valence-electron chi connectivity index (χ3n) is 2.11. The summed E-state index contributed by atoms with van der Waals surface area (Å²) in [7, 11) is 0. The zero-order valence-electron chi connectivity index (χ0n) is 8.21. The number of ether oxygens (including phenoxy) is 1. The van der Waals surface area contributed by atoms with E-state index < -0.39 is 0 Å². The summed E-state index contributed by atoms with van der Waals surface area (Å²) >= 11 is 0. The van der Waals surface area contributed by atoms with Gasteiger partial charge in [-0.1, -0.05) is 0 Å². The molecule has 2 rings (SSSR count). The smallest absolute Gasteiger partial charge is 0.120 e. The summed E-state index contributed by atoms with van der Waals surface area (Å²) in [6, 6.07) is 8.10. The fourth-order valence-corrected chi connectivity index (χ4v) is 1.52. The Morgan fingerprint density at radius 2 is 2.21 bits per heavy atom. The molecule has 0 amide bonds. The zero-order valence-corrected chi connectivity index (χ0v) is 8.21. The summed E-state index contributed by atoms with van der Waals surface area (Å²) in [5, 5.41) is 1.18. The molecule has 1 aromatic carbocycles. The van der Waals surface area contributed by atoms with Gasteiger partial charge in [-0.15, -0.1) is 0 Å². The van der Waals surface area contributed by atoms with Crippen molar-refractivity contribution in [1.29, 1.82) is 0 Å². The lowest BCUT2D eigenvalue weighted by Crippen LogP contribution is -2.10. The van der Waals surface area contributed by atoms with Crippen molar-refractivity contribution in [1.82, 2.24) is 4.98 Å². The highest BCUT2D eigenvalue weighted by atomic mass is 16.5. The summed E-state index contributed by atoms with van der Waals surface area (Å²) in [4.78, 5) is 3.26. The van der Waals surface area contributed by atoms with Gasteiger partial charge in [0.1, 0.15) is 12.4 Å². The highest BCUT2D eigenvalue weighted by Gasteiger charge is 1.99. The maximum atomic E-state index is 5.43. The Kier molecular flexibility index (Phi) is 2.41. The van der Waals surface area contributed by atoms with Crippen LogP contribution in [0.15, 0.2) is 24.3 Å². The van der Waals surface area contributed by atoms with Crippen molar-refractivity contribution in [3.8, 4) is 5.75 Å². The SMILES string of the molecule is Cc1cc2cc(OCCN)ccc2[nH]1. The highest BCUT2D eigenvalue weighted by molar-refractivity contribution is 5.81. The van der Waals surface area contributed by atoms with Crippen molar-refractivity contribution in [2.24, 2.45) is 5.73 Å². The van der Waals surface area contributed by atoms with Gasteiger partial charge in [0, 0.05) is 23.1 Å². The molecule has 0 fully saturated rings. The molecule has 0 saturated heterocycles.